The molecule has 8 nitrogen and oxygen atoms in total. The standard InChI is InChI=1S/C20H25N5O3S/c1-14-6-7-25(20(14)26)19-18(21-29-22-19)24-10-8-23(9-11-24)12-15-13-27-16-4-2-3-5-17(16)28-15/h2-5,14-15H,6-13H2,1H3. The van der Waals surface area contributed by atoms with Gasteiger partial charge < -0.3 is 14.4 Å². The number of hydrogen-bond acceptors (Lipinski definition) is 8. The second-order valence-corrected chi connectivity index (χ2v) is 8.40. The molecular formula is C20H25N5O3S. The van der Waals surface area contributed by atoms with Gasteiger partial charge in [0.25, 0.3) is 0 Å². The molecule has 3 aliphatic rings. The number of aromatic nitrogens is 2. The molecule has 2 aromatic rings. The Morgan fingerprint density at radius 3 is 2.59 bits per heavy atom. The molecule has 5 rings (SSSR count). The van der Waals surface area contributed by atoms with E-state index in [1.165, 1.54) is 11.7 Å². The van der Waals surface area contributed by atoms with Gasteiger partial charge in [0.05, 0.1) is 11.7 Å². The second kappa shape index (κ2) is 7.79. The molecule has 3 aliphatic heterocycles. The van der Waals surface area contributed by atoms with Crippen LogP contribution in [0.25, 0.3) is 0 Å². The highest BCUT2D eigenvalue weighted by Gasteiger charge is 2.34. The van der Waals surface area contributed by atoms with Crippen LogP contribution in [-0.2, 0) is 4.79 Å². The third-order valence-electron chi connectivity index (χ3n) is 5.88. The van der Waals surface area contributed by atoms with Crippen LogP contribution in [0.2, 0.25) is 0 Å². The maximum absolute atomic E-state index is 12.4. The molecule has 4 heterocycles. The van der Waals surface area contributed by atoms with Crippen molar-refractivity contribution >= 4 is 29.3 Å². The summed E-state index contributed by atoms with van der Waals surface area (Å²) < 4.78 is 20.9. The Labute approximate surface area is 174 Å². The molecule has 0 aliphatic carbocycles. The van der Waals surface area contributed by atoms with Crippen LogP contribution < -0.4 is 19.3 Å². The highest BCUT2D eigenvalue weighted by atomic mass is 32.1. The van der Waals surface area contributed by atoms with Crippen molar-refractivity contribution in [1.82, 2.24) is 13.6 Å². The van der Waals surface area contributed by atoms with Crippen molar-refractivity contribution in [3.05, 3.63) is 24.3 Å². The van der Waals surface area contributed by atoms with Crippen LogP contribution in [0.3, 0.4) is 0 Å². The molecule has 2 fully saturated rings. The van der Waals surface area contributed by atoms with E-state index in [0.29, 0.717) is 6.61 Å². The molecule has 154 valence electrons. The number of anilines is 2. The zero-order valence-electron chi connectivity index (χ0n) is 16.5. The molecule has 9 heteroatoms. The van der Waals surface area contributed by atoms with Gasteiger partial charge in [0.2, 0.25) is 5.91 Å². The fourth-order valence-electron chi connectivity index (χ4n) is 4.16. The number of benzene rings is 1. The first kappa shape index (κ1) is 18.6. The minimum absolute atomic E-state index is 0.0386. The smallest absolute Gasteiger partial charge is 0.231 e. The summed E-state index contributed by atoms with van der Waals surface area (Å²) >= 11 is 1.19. The summed E-state index contributed by atoms with van der Waals surface area (Å²) in [5.74, 6) is 3.46. The van der Waals surface area contributed by atoms with E-state index in [-0.39, 0.29) is 17.9 Å². The van der Waals surface area contributed by atoms with Crippen LogP contribution in [0.1, 0.15) is 13.3 Å². The molecule has 29 heavy (non-hydrogen) atoms. The van der Waals surface area contributed by atoms with Crippen LogP contribution in [0.4, 0.5) is 11.6 Å². The topological polar surface area (TPSA) is 71.0 Å². The molecule has 0 bridgehead atoms. The highest BCUT2D eigenvalue weighted by Crippen LogP contribution is 2.33. The number of nitrogens with zero attached hydrogens (tertiary/aromatic N) is 5. The van der Waals surface area contributed by atoms with E-state index in [0.717, 1.165) is 68.8 Å². The van der Waals surface area contributed by atoms with Crippen molar-refractivity contribution in [1.29, 1.82) is 0 Å². The van der Waals surface area contributed by atoms with Crippen LogP contribution in [0.15, 0.2) is 24.3 Å². The lowest BCUT2D eigenvalue weighted by Gasteiger charge is -2.37. The van der Waals surface area contributed by atoms with Gasteiger partial charge in [0.15, 0.2) is 23.1 Å². The van der Waals surface area contributed by atoms with Gasteiger partial charge in [-0.3, -0.25) is 14.6 Å². The van der Waals surface area contributed by atoms with Crippen LogP contribution >= 0.6 is 11.7 Å². The fourth-order valence-corrected chi connectivity index (χ4v) is 4.74. The second-order valence-electron chi connectivity index (χ2n) is 7.88. The summed E-state index contributed by atoms with van der Waals surface area (Å²) in [6, 6.07) is 7.82. The molecule has 0 saturated carbocycles. The number of carbonyl (C=O) groups is 1. The predicted molar refractivity (Wildman–Crippen MR) is 111 cm³/mol. The summed E-state index contributed by atoms with van der Waals surface area (Å²) in [6.45, 7) is 7.69. The van der Waals surface area contributed by atoms with E-state index >= 15 is 0 Å². The number of piperazine rings is 1. The molecule has 1 amide bonds. The Kier molecular flexibility index (Phi) is 5.01. The predicted octanol–water partition coefficient (Wildman–Crippen LogP) is 1.87. The van der Waals surface area contributed by atoms with Gasteiger partial charge >= 0.3 is 0 Å². The average molecular weight is 416 g/mol. The minimum Gasteiger partial charge on any atom is -0.486 e. The Bertz CT molecular complexity index is 883. The third-order valence-corrected chi connectivity index (χ3v) is 6.39. The molecule has 2 unspecified atom stereocenters. The van der Waals surface area contributed by atoms with Crippen molar-refractivity contribution in [2.24, 2.45) is 5.92 Å². The van der Waals surface area contributed by atoms with Gasteiger partial charge in [-0.1, -0.05) is 19.1 Å². The maximum Gasteiger partial charge on any atom is 0.231 e. The Hall–Kier alpha value is -2.39. The van der Waals surface area contributed by atoms with Gasteiger partial charge in [-0.05, 0) is 18.6 Å². The first-order valence-electron chi connectivity index (χ1n) is 10.2. The van der Waals surface area contributed by atoms with E-state index < -0.39 is 0 Å². The zero-order valence-corrected chi connectivity index (χ0v) is 17.3. The van der Waals surface area contributed by atoms with Gasteiger partial charge in [0.1, 0.15) is 12.7 Å². The van der Waals surface area contributed by atoms with Crippen molar-refractivity contribution < 1.29 is 14.3 Å². The number of ether oxygens (including phenoxy) is 2. The average Bonchev–Trinajstić information content (AvgIpc) is 3.35. The Balaban J connectivity index is 1.18. The van der Waals surface area contributed by atoms with Crippen molar-refractivity contribution in [2.45, 2.75) is 19.4 Å². The van der Waals surface area contributed by atoms with Gasteiger partial charge in [-0.25, -0.2) is 0 Å². The summed E-state index contributed by atoms with van der Waals surface area (Å²) in [4.78, 5) is 18.9. The molecule has 2 saturated heterocycles. The first-order chi connectivity index (χ1) is 14.2. The third kappa shape index (κ3) is 3.64. The normalized spacial score (nSPS) is 24.9. The number of hydrogen-bond donors (Lipinski definition) is 0. The quantitative estimate of drug-likeness (QED) is 0.755. The van der Waals surface area contributed by atoms with Gasteiger partial charge in [-0.2, -0.15) is 8.75 Å². The minimum atomic E-state index is 0.0386. The number of carbonyl (C=O) groups excluding carboxylic acids is 1. The van der Waals surface area contributed by atoms with Crippen LogP contribution in [0.5, 0.6) is 11.5 Å². The summed E-state index contributed by atoms with van der Waals surface area (Å²) in [5.41, 5.74) is 0. The molecular weight excluding hydrogens is 390 g/mol. The van der Waals surface area contributed by atoms with Gasteiger partial charge in [-0.15, -0.1) is 0 Å². The largest absolute Gasteiger partial charge is 0.486 e. The van der Waals surface area contributed by atoms with Crippen LogP contribution in [-0.4, -0.2) is 71.5 Å². The van der Waals surface area contributed by atoms with E-state index in [4.69, 9.17) is 9.47 Å². The molecule has 0 spiro atoms. The van der Waals surface area contributed by atoms with Crippen molar-refractivity contribution in [3.63, 3.8) is 0 Å². The van der Waals surface area contributed by atoms with E-state index in [1.807, 2.05) is 31.2 Å². The SMILES string of the molecule is CC1CCN(c2nsnc2N2CCN(CC3COc4ccccc4O3)CC2)C1=O. The lowest BCUT2D eigenvalue weighted by molar-refractivity contribution is -0.119. The van der Waals surface area contributed by atoms with Gasteiger partial charge in [0, 0.05) is 45.2 Å². The lowest BCUT2D eigenvalue weighted by Crippen LogP contribution is -2.51. The van der Waals surface area contributed by atoms with E-state index in [2.05, 4.69) is 18.5 Å². The van der Waals surface area contributed by atoms with E-state index in [1.54, 1.807) is 4.90 Å². The molecule has 0 radical (unpaired) electrons. The Morgan fingerprint density at radius 2 is 1.83 bits per heavy atom. The van der Waals surface area contributed by atoms with Crippen LogP contribution in [0, 0.1) is 5.92 Å². The molecule has 0 N–H and O–H groups in total. The monoisotopic (exact) mass is 415 g/mol. The summed E-state index contributed by atoms with van der Waals surface area (Å²) in [6.07, 6.45) is 0.924. The molecule has 1 aromatic carbocycles. The number of rotatable bonds is 4. The number of amides is 1. The summed E-state index contributed by atoms with van der Waals surface area (Å²) in [5, 5.41) is 0. The summed E-state index contributed by atoms with van der Waals surface area (Å²) in [7, 11) is 0. The number of para-hydroxylation sites is 2. The maximum atomic E-state index is 12.4. The van der Waals surface area contributed by atoms with Crippen molar-refractivity contribution in [2.75, 3.05) is 55.7 Å². The van der Waals surface area contributed by atoms with Crippen molar-refractivity contribution in [3.8, 4) is 11.5 Å². The first-order valence-corrected chi connectivity index (χ1v) is 10.9. The van der Waals surface area contributed by atoms with E-state index in [9.17, 15) is 4.79 Å². The zero-order chi connectivity index (χ0) is 19.8. The molecule has 1 aromatic heterocycles. The Morgan fingerprint density at radius 1 is 1.07 bits per heavy atom. The lowest BCUT2D eigenvalue weighted by atomic mass is 10.1. The molecule has 2 atom stereocenters. The number of fused-ring (bicyclic) bond motifs is 1. The highest BCUT2D eigenvalue weighted by molar-refractivity contribution is 6.99. The fraction of sp³-hybridized carbons (Fsp3) is 0.550.